The summed E-state index contributed by atoms with van der Waals surface area (Å²) in [5, 5.41) is 2.86. The minimum Gasteiger partial charge on any atom is -0.496 e. The average molecular weight is 404 g/mol. The Hall–Kier alpha value is -3.00. The maximum Gasteiger partial charge on any atom is 0.173 e. The van der Waals surface area contributed by atoms with E-state index in [0.29, 0.717) is 16.8 Å². The molecule has 8 heteroatoms. The van der Waals surface area contributed by atoms with Gasteiger partial charge >= 0.3 is 0 Å². The molecule has 0 aliphatic rings. The van der Waals surface area contributed by atoms with Crippen LogP contribution in [0.25, 0.3) is 11.1 Å². The number of rotatable bonds is 6. The van der Waals surface area contributed by atoms with Gasteiger partial charge in [0, 0.05) is 35.3 Å². The van der Waals surface area contributed by atoms with Crippen LogP contribution in [0.1, 0.15) is 5.56 Å². The molecule has 5 nitrogen and oxygen atoms in total. The Morgan fingerprint density at radius 3 is 2.57 bits per heavy atom. The van der Waals surface area contributed by atoms with Gasteiger partial charge in [0.15, 0.2) is 21.5 Å². The van der Waals surface area contributed by atoms with E-state index >= 15 is 4.39 Å². The van der Waals surface area contributed by atoms with Crippen LogP contribution in [0.4, 0.5) is 20.3 Å². The fourth-order valence-electron chi connectivity index (χ4n) is 2.80. The second kappa shape index (κ2) is 7.93. The highest BCUT2D eigenvalue weighted by atomic mass is 32.2. The van der Waals surface area contributed by atoms with Crippen molar-refractivity contribution in [3.05, 3.63) is 71.9 Å². The van der Waals surface area contributed by atoms with E-state index < -0.39 is 21.5 Å². The summed E-state index contributed by atoms with van der Waals surface area (Å²) in [5.74, 6) is -1.09. The number of hydrogen-bond acceptors (Lipinski definition) is 5. The van der Waals surface area contributed by atoms with Crippen molar-refractivity contribution in [2.75, 3.05) is 18.7 Å². The molecule has 146 valence electrons. The van der Waals surface area contributed by atoms with Gasteiger partial charge in [-0.05, 0) is 35.9 Å². The van der Waals surface area contributed by atoms with Gasteiger partial charge in [0.25, 0.3) is 0 Å². The van der Waals surface area contributed by atoms with Crippen molar-refractivity contribution >= 4 is 21.3 Å². The number of halogens is 2. The van der Waals surface area contributed by atoms with Gasteiger partial charge < -0.3 is 10.1 Å². The smallest absolute Gasteiger partial charge is 0.173 e. The highest BCUT2D eigenvalue weighted by molar-refractivity contribution is 7.89. The molecule has 3 aromatic rings. The van der Waals surface area contributed by atoms with E-state index in [1.54, 1.807) is 24.3 Å². The van der Waals surface area contributed by atoms with Crippen LogP contribution >= 0.6 is 0 Å². The molecule has 28 heavy (non-hydrogen) atoms. The second-order valence-corrected chi connectivity index (χ2v) is 8.40. The summed E-state index contributed by atoms with van der Waals surface area (Å²) >= 11 is 0. The third-order valence-electron chi connectivity index (χ3n) is 3.96. The Bertz CT molecular complexity index is 1120. The predicted octanol–water partition coefficient (Wildman–Crippen LogP) is 4.32. The summed E-state index contributed by atoms with van der Waals surface area (Å²) in [7, 11) is -1.81. The molecule has 3 rings (SSSR count). The molecule has 0 saturated heterocycles. The van der Waals surface area contributed by atoms with Gasteiger partial charge in [0.2, 0.25) is 0 Å². The number of sulfone groups is 1. The molecule has 1 heterocycles. The van der Waals surface area contributed by atoms with Crippen LogP contribution in [0.5, 0.6) is 5.75 Å². The third kappa shape index (κ3) is 4.64. The zero-order valence-corrected chi connectivity index (χ0v) is 16.1. The van der Waals surface area contributed by atoms with Crippen molar-refractivity contribution in [2.24, 2.45) is 0 Å². The summed E-state index contributed by atoms with van der Waals surface area (Å²) in [4.78, 5) is 4.02. The fourth-order valence-corrected chi connectivity index (χ4v) is 3.59. The Morgan fingerprint density at radius 1 is 1.07 bits per heavy atom. The van der Waals surface area contributed by atoms with Crippen molar-refractivity contribution in [1.82, 2.24) is 4.98 Å². The highest BCUT2D eigenvalue weighted by Gasteiger charge is 2.16. The van der Waals surface area contributed by atoms with Crippen molar-refractivity contribution in [1.29, 1.82) is 0 Å². The molecular weight excluding hydrogens is 386 g/mol. The van der Waals surface area contributed by atoms with Gasteiger partial charge in [-0.25, -0.2) is 22.2 Å². The number of benzene rings is 2. The standard InChI is InChI=1S/C20H18F2N2O3S/c1-27-18-11-14(21)6-7-16(18)17-8-9-23-20(19(17)22)24-15-5-3-4-13(10-15)12-28(2,25)26/h3-11H,12H2,1-2H3,(H,23,24). The van der Waals surface area contributed by atoms with Gasteiger partial charge in [-0.2, -0.15) is 0 Å². The van der Waals surface area contributed by atoms with E-state index in [4.69, 9.17) is 4.74 Å². The molecule has 1 aromatic heterocycles. The summed E-state index contributed by atoms with van der Waals surface area (Å²) in [5.41, 5.74) is 1.65. The molecule has 0 spiro atoms. The summed E-state index contributed by atoms with van der Waals surface area (Å²) in [6, 6.07) is 11.9. The number of methoxy groups -OCH3 is 1. The molecule has 0 aliphatic heterocycles. The molecule has 0 atom stereocenters. The van der Waals surface area contributed by atoms with Crippen LogP contribution in [0.3, 0.4) is 0 Å². The number of anilines is 2. The van der Waals surface area contributed by atoms with Crippen molar-refractivity contribution in [2.45, 2.75) is 5.75 Å². The van der Waals surface area contributed by atoms with Crippen LogP contribution in [-0.2, 0) is 15.6 Å². The first kappa shape index (κ1) is 19.8. The maximum atomic E-state index is 15.1. The Kier molecular flexibility index (Phi) is 5.60. The minimum atomic E-state index is -3.19. The molecule has 0 amide bonds. The van der Waals surface area contributed by atoms with E-state index in [9.17, 15) is 12.8 Å². The van der Waals surface area contributed by atoms with Gasteiger partial charge in [-0.3, -0.25) is 0 Å². The number of nitrogens with one attached hydrogen (secondary N) is 1. The lowest BCUT2D eigenvalue weighted by Gasteiger charge is -2.13. The molecule has 0 aliphatic carbocycles. The van der Waals surface area contributed by atoms with E-state index in [-0.39, 0.29) is 22.9 Å². The van der Waals surface area contributed by atoms with Crippen LogP contribution in [0.2, 0.25) is 0 Å². The van der Waals surface area contributed by atoms with Gasteiger partial charge in [-0.1, -0.05) is 12.1 Å². The molecule has 0 unspecified atom stereocenters. The van der Waals surface area contributed by atoms with Gasteiger partial charge in [0.05, 0.1) is 12.9 Å². The van der Waals surface area contributed by atoms with E-state index in [2.05, 4.69) is 10.3 Å². The van der Waals surface area contributed by atoms with Crippen LogP contribution in [0.15, 0.2) is 54.7 Å². The largest absolute Gasteiger partial charge is 0.496 e. The quantitative estimate of drug-likeness (QED) is 0.663. The molecule has 0 saturated carbocycles. The van der Waals surface area contributed by atoms with Crippen LogP contribution < -0.4 is 10.1 Å². The first-order valence-corrected chi connectivity index (χ1v) is 10.3. The van der Waals surface area contributed by atoms with Gasteiger partial charge in [0.1, 0.15) is 11.6 Å². The highest BCUT2D eigenvalue weighted by Crippen LogP contribution is 2.34. The van der Waals surface area contributed by atoms with Gasteiger partial charge in [-0.15, -0.1) is 0 Å². The molecule has 0 bridgehead atoms. The predicted molar refractivity (Wildman–Crippen MR) is 104 cm³/mol. The summed E-state index contributed by atoms with van der Waals surface area (Å²) in [6.07, 6.45) is 2.57. The second-order valence-electron chi connectivity index (χ2n) is 6.26. The van der Waals surface area contributed by atoms with Crippen molar-refractivity contribution in [3.8, 4) is 16.9 Å². The number of nitrogens with zero attached hydrogens (tertiary/aromatic N) is 1. The topological polar surface area (TPSA) is 68.3 Å². The van der Waals surface area contributed by atoms with Crippen molar-refractivity contribution < 1.29 is 21.9 Å². The maximum absolute atomic E-state index is 15.1. The minimum absolute atomic E-state index is 0.0413. The van der Waals surface area contributed by atoms with Crippen LogP contribution in [-0.4, -0.2) is 26.8 Å². The first-order valence-electron chi connectivity index (χ1n) is 8.29. The molecule has 0 radical (unpaired) electrons. The molecule has 2 aromatic carbocycles. The Balaban J connectivity index is 1.96. The number of hydrogen-bond donors (Lipinski definition) is 1. The lowest BCUT2D eigenvalue weighted by molar-refractivity contribution is 0.412. The van der Waals surface area contributed by atoms with E-state index in [1.807, 2.05) is 0 Å². The fraction of sp³-hybridized carbons (Fsp3) is 0.150. The normalized spacial score (nSPS) is 11.3. The Morgan fingerprint density at radius 2 is 1.86 bits per heavy atom. The lowest BCUT2D eigenvalue weighted by Crippen LogP contribution is -2.03. The summed E-state index contributed by atoms with van der Waals surface area (Å²) in [6.45, 7) is 0. The average Bonchev–Trinajstić information content (AvgIpc) is 2.62. The van der Waals surface area contributed by atoms with Crippen molar-refractivity contribution in [3.63, 3.8) is 0 Å². The molecule has 0 fully saturated rings. The van der Waals surface area contributed by atoms with E-state index in [1.165, 1.54) is 37.6 Å². The summed E-state index contributed by atoms with van der Waals surface area (Å²) < 4.78 is 56.6. The number of ether oxygens (including phenoxy) is 1. The monoisotopic (exact) mass is 404 g/mol. The molecule has 1 N–H and O–H groups in total. The SMILES string of the molecule is COc1cc(F)ccc1-c1ccnc(Nc2cccc(CS(C)(=O)=O)c2)c1F. The first-order chi connectivity index (χ1) is 13.3. The lowest BCUT2D eigenvalue weighted by atomic mass is 10.0. The zero-order valence-electron chi connectivity index (χ0n) is 15.2. The molecular formula is C20H18F2N2O3S. The third-order valence-corrected chi connectivity index (χ3v) is 4.82. The number of pyridine rings is 1. The van der Waals surface area contributed by atoms with E-state index in [0.717, 1.165) is 6.26 Å². The Labute approximate surface area is 161 Å². The zero-order chi connectivity index (χ0) is 20.3. The van der Waals surface area contributed by atoms with Crippen LogP contribution in [0, 0.1) is 11.6 Å². The number of aromatic nitrogens is 1.